The third kappa shape index (κ3) is 3.86. The van der Waals surface area contributed by atoms with Crippen molar-refractivity contribution in [1.82, 2.24) is 15.1 Å². The Bertz CT molecular complexity index is 731. The van der Waals surface area contributed by atoms with Crippen LogP contribution >= 0.6 is 22.9 Å². The number of carbonyl (C=O) groups is 2. The predicted molar refractivity (Wildman–Crippen MR) is 88.3 cm³/mol. The fourth-order valence-corrected chi connectivity index (χ4v) is 3.19. The number of aryl methyl sites for hydroxylation is 1. The summed E-state index contributed by atoms with van der Waals surface area (Å²) in [5, 5.41) is 12.4. The van der Waals surface area contributed by atoms with Crippen molar-refractivity contribution in [2.24, 2.45) is 5.92 Å². The normalized spacial score (nSPS) is 17.6. The molecular formula is C15H15ClN4O2S. The molecule has 2 amide bonds. The van der Waals surface area contributed by atoms with E-state index in [0.29, 0.717) is 23.2 Å². The van der Waals surface area contributed by atoms with Crippen LogP contribution in [0.15, 0.2) is 24.3 Å². The fourth-order valence-electron chi connectivity index (χ4n) is 2.47. The number of benzene rings is 1. The van der Waals surface area contributed by atoms with Crippen LogP contribution in [0.2, 0.25) is 5.02 Å². The standard InChI is InChI=1S/C15H15ClN4O2S/c1-9-18-19-15(23-9)17-14(22)11-6-13(21)20(8-11)7-10-2-4-12(16)5-3-10/h2-5,11H,6-8H2,1H3,(H,17,19,22)/t11-/m0/s1. The van der Waals surface area contributed by atoms with Crippen molar-refractivity contribution < 1.29 is 9.59 Å². The van der Waals surface area contributed by atoms with Crippen molar-refractivity contribution in [1.29, 1.82) is 0 Å². The summed E-state index contributed by atoms with van der Waals surface area (Å²) in [5.41, 5.74) is 0.989. The topological polar surface area (TPSA) is 75.2 Å². The van der Waals surface area contributed by atoms with Crippen LogP contribution in [0.3, 0.4) is 0 Å². The van der Waals surface area contributed by atoms with Gasteiger partial charge in [0.2, 0.25) is 16.9 Å². The molecule has 1 atom stereocenters. The Kier molecular flexibility index (Phi) is 4.58. The maximum Gasteiger partial charge on any atom is 0.231 e. The number of carbonyl (C=O) groups excluding carboxylic acids is 2. The van der Waals surface area contributed by atoms with Crippen molar-refractivity contribution >= 4 is 39.9 Å². The SMILES string of the molecule is Cc1nnc(NC(=O)[C@H]2CC(=O)N(Cc3ccc(Cl)cc3)C2)s1. The molecule has 1 aromatic carbocycles. The van der Waals surface area contributed by atoms with Gasteiger partial charge in [0.1, 0.15) is 5.01 Å². The maximum atomic E-state index is 12.2. The molecule has 0 aliphatic carbocycles. The first kappa shape index (κ1) is 15.9. The molecule has 0 unspecified atom stereocenters. The lowest BCUT2D eigenvalue weighted by Gasteiger charge is -2.16. The number of halogens is 1. The molecule has 1 N–H and O–H groups in total. The maximum absolute atomic E-state index is 12.2. The zero-order valence-corrected chi connectivity index (χ0v) is 14.0. The van der Waals surface area contributed by atoms with Gasteiger partial charge in [0.25, 0.3) is 0 Å². The van der Waals surface area contributed by atoms with Gasteiger partial charge in [-0.25, -0.2) is 0 Å². The summed E-state index contributed by atoms with van der Waals surface area (Å²) in [5.74, 6) is -0.569. The third-order valence-electron chi connectivity index (χ3n) is 3.63. The monoisotopic (exact) mass is 350 g/mol. The molecule has 1 aliphatic heterocycles. The number of nitrogens with one attached hydrogen (secondary N) is 1. The van der Waals surface area contributed by atoms with E-state index in [9.17, 15) is 9.59 Å². The predicted octanol–water partition coefficient (Wildman–Crippen LogP) is 2.49. The molecule has 8 heteroatoms. The highest BCUT2D eigenvalue weighted by atomic mass is 35.5. The molecule has 120 valence electrons. The average molecular weight is 351 g/mol. The van der Waals surface area contributed by atoms with Crippen LogP contribution in [-0.4, -0.2) is 33.5 Å². The Hall–Kier alpha value is -1.99. The number of amides is 2. The molecule has 23 heavy (non-hydrogen) atoms. The van der Waals surface area contributed by atoms with Gasteiger partial charge < -0.3 is 10.2 Å². The minimum absolute atomic E-state index is 0.0199. The van der Waals surface area contributed by atoms with E-state index in [1.54, 1.807) is 17.0 Å². The van der Waals surface area contributed by atoms with E-state index in [4.69, 9.17) is 11.6 Å². The minimum Gasteiger partial charge on any atom is -0.338 e. The van der Waals surface area contributed by atoms with E-state index >= 15 is 0 Å². The Balaban J connectivity index is 1.60. The van der Waals surface area contributed by atoms with Crippen molar-refractivity contribution in [2.75, 3.05) is 11.9 Å². The van der Waals surface area contributed by atoms with Crippen LogP contribution in [-0.2, 0) is 16.1 Å². The molecule has 1 aromatic heterocycles. The van der Waals surface area contributed by atoms with Gasteiger partial charge in [-0.15, -0.1) is 10.2 Å². The Morgan fingerprint density at radius 2 is 2.13 bits per heavy atom. The summed E-state index contributed by atoms with van der Waals surface area (Å²) in [6, 6.07) is 7.35. The van der Waals surface area contributed by atoms with Crippen molar-refractivity contribution in [2.45, 2.75) is 19.9 Å². The number of rotatable bonds is 4. The highest BCUT2D eigenvalue weighted by Crippen LogP contribution is 2.23. The molecule has 1 fully saturated rings. The second-order valence-electron chi connectivity index (χ2n) is 5.42. The summed E-state index contributed by atoms with van der Waals surface area (Å²) in [6.45, 7) is 2.71. The Morgan fingerprint density at radius 1 is 1.39 bits per heavy atom. The molecule has 0 bridgehead atoms. The summed E-state index contributed by atoms with van der Waals surface area (Å²) < 4.78 is 0. The summed E-state index contributed by atoms with van der Waals surface area (Å²) in [6.07, 6.45) is 0.219. The summed E-state index contributed by atoms with van der Waals surface area (Å²) in [7, 11) is 0. The first-order valence-corrected chi connectivity index (χ1v) is 8.34. The van der Waals surface area contributed by atoms with Crippen molar-refractivity contribution in [3.63, 3.8) is 0 Å². The van der Waals surface area contributed by atoms with E-state index < -0.39 is 0 Å². The van der Waals surface area contributed by atoms with Crippen LogP contribution < -0.4 is 5.32 Å². The third-order valence-corrected chi connectivity index (χ3v) is 4.63. The number of hydrogen-bond acceptors (Lipinski definition) is 5. The van der Waals surface area contributed by atoms with Gasteiger partial charge >= 0.3 is 0 Å². The molecule has 1 saturated heterocycles. The van der Waals surface area contributed by atoms with Crippen LogP contribution in [0.25, 0.3) is 0 Å². The second kappa shape index (κ2) is 6.64. The van der Waals surface area contributed by atoms with E-state index in [2.05, 4.69) is 15.5 Å². The largest absolute Gasteiger partial charge is 0.338 e. The van der Waals surface area contributed by atoms with Crippen LogP contribution in [0.1, 0.15) is 17.0 Å². The van der Waals surface area contributed by atoms with Crippen LogP contribution in [0, 0.1) is 12.8 Å². The second-order valence-corrected chi connectivity index (χ2v) is 7.04. The number of anilines is 1. The van der Waals surface area contributed by atoms with Gasteiger partial charge in [0.05, 0.1) is 5.92 Å². The van der Waals surface area contributed by atoms with Gasteiger partial charge in [-0.05, 0) is 24.6 Å². The molecule has 2 aromatic rings. The number of nitrogens with zero attached hydrogens (tertiary/aromatic N) is 3. The molecular weight excluding hydrogens is 336 g/mol. The summed E-state index contributed by atoms with van der Waals surface area (Å²) >= 11 is 7.17. The molecule has 2 heterocycles. The zero-order chi connectivity index (χ0) is 16.4. The lowest BCUT2D eigenvalue weighted by atomic mass is 10.1. The number of hydrogen-bond donors (Lipinski definition) is 1. The van der Waals surface area contributed by atoms with Crippen LogP contribution in [0.4, 0.5) is 5.13 Å². The molecule has 0 radical (unpaired) electrons. The molecule has 3 rings (SSSR count). The molecule has 6 nitrogen and oxygen atoms in total. The van der Waals surface area contributed by atoms with Gasteiger partial charge in [0, 0.05) is 24.5 Å². The first-order chi connectivity index (χ1) is 11.0. The number of aromatic nitrogens is 2. The zero-order valence-electron chi connectivity index (χ0n) is 12.5. The van der Waals surface area contributed by atoms with Gasteiger partial charge in [-0.3, -0.25) is 9.59 Å². The molecule has 0 saturated carbocycles. The molecule has 0 spiro atoms. The van der Waals surface area contributed by atoms with Gasteiger partial charge in [0.15, 0.2) is 0 Å². The highest BCUT2D eigenvalue weighted by Gasteiger charge is 2.34. The highest BCUT2D eigenvalue weighted by molar-refractivity contribution is 7.15. The lowest BCUT2D eigenvalue weighted by Crippen LogP contribution is -2.28. The van der Waals surface area contributed by atoms with E-state index in [1.165, 1.54) is 11.3 Å². The number of likely N-dealkylation sites (tertiary alicyclic amines) is 1. The fraction of sp³-hybridized carbons (Fsp3) is 0.333. The van der Waals surface area contributed by atoms with Gasteiger partial charge in [-0.2, -0.15) is 0 Å². The Labute approximate surface area is 142 Å². The average Bonchev–Trinajstić information content (AvgIpc) is 3.08. The summed E-state index contributed by atoms with van der Waals surface area (Å²) in [4.78, 5) is 26.0. The smallest absolute Gasteiger partial charge is 0.231 e. The minimum atomic E-state index is -0.362. The van der Waals surface area contributed by atoms with E-state index in [1.807, 2.05) is 19.1 Å². The van der Waals surface area contributed by atoms with Crippen molar-refractivity contribution in [3.8, 4) is 0 Å². The lowest BCUT2D eigenvalue weighted by molar-refractivity contribution is -0.128. The van der Waals surface area contributed by atoms with Gasteiger partial charge in [-0.1, -0.05) is 35.1 Å². The Morgan fingerprint density at radius 3 is 2.78 bits per heavy atom. The molecule has 1 aliphatic rings. The van der Waals surface area contributed by atoms with E-state index in [0.717, 1.165) is 10.6 Å². The van der Waals surface area contributed by atoms with E-state index in [-0.39, 0.29) is 24.2 Å². The first-order valence-electron chi connectivity index (χ1n) is 7.14. The quantitative estimate of drug-likeness (QED) is 0.919. The van der Waals surface area contributed by atoms with Crippen molar-refractivity contribution in [3.05, 3.63) is 39.9 Å². The van der Waals surface area contributed by atoms with Crippen LogP contribution in [0.5, 0.6) is 0 Å².